The molecule has 0 unspecified atom stereocenters. The molecule has 0 saturated carbocycles. The molecule has 0 bridgehead atoms. The summed E-state index contributed by atoms with van der Waals surface area (Å²) in [4.78, 5) is 18.4. The van der Waals surface area contributed by atoms with E-state index in [0.717, 1.165) is 16.4 Å². The molecule has 4 nitrogen and oxygen atoms in total. The van der Waals surface area contributed by atoms with Gasteiger partial charge in [0.05, 0.1) is 22.8 Å². The molecule has 2 N–H and O–H groups in total. The van der Waals surface area contributed by atoms with Crippen molar-refractivity contribution in [3.63, 3.8) is 0 Å². The molecular weight excluding hydrogens is 248 g/mol. The minimum absolute atomic E-state index is 0.157. The van der Waals surface area contributed by atoms with Gasteiger partial charge in [-0.3, -0.25) is 4.79 Å². The van der Waals surface area contributed by atoms with Crippen LogP contribution in [0.4, 0.5) is 0 Å². The molecule has 5 heteroatoms. The van der Waals surface area contributed by atoms with Gasteiger partial charge < -0.3 is 10.1 Å². The molecule has 0 fully saturated rings. The number of hydrogen-bond donors (Lipinski definition) is 2. The summed E-state index contributed by atoms with van der Waals surface area (Å²) in [5.74, 6) is -0.763. The number of carboxylic acids is 1. The lowest BCUT2D eigenvalue weighted by atomic mass is 9.86. The van der Waals surface area contributed by atoms with Crippen molar-refractivity contribution in [1.29, 1.82) is 0 Å². The first-order valence-corrected chi connectivity index (χ1v) is 6.64. The summed E-state index contributed by atoms with van der Waals surface area (Å²) in [5.41, 5.74) is 1.65. The average Bonchev–Trinajstić information content (AvgIpc) is 2.82. The van der Waals surface area contributed by atoms with Crippen LogP contribution in [0.15, 0.2) is 23.7 Å². The number of nitrogens with zero attached hydrogens (tertiary/aromatic N) is 1. The second kappa shape index (κ2) is 4.94. The van der Waals surface area contributed by atoms with Crippen LogP contribution < -0.4 is 0 Å². The summed E-state index contributed by atoms with van der Waals surface area (Å²) >= 11 is 1.58. The van der Waals surface area contributed by atoms with E-state index >= 15 is 0 Å². The quantitative estimate of drug-likeness (QED) is 0.871. The number of aromatic amines is 1. The van der Waals surface area contributed by atoms with Gasteiger partial charge in [0.1, 0.15) is 0 Å². The van der Waals surface area contributed by atoms with Crippen LogP contribution >= 0.6 is 11.3 Å². The topological polar surface area (TPSA) is 66.0 Å². The van der Waals surface area contributed by atoms with Gasteiger partial charge in [-0.25, -0.2) is 4.98 Å². The Hall–Kier alpha value is -1.62. The van der Waals surface area contributed by atoms with Gasteiger partial charge in [0.25, 0.3) is 0 Å². The van der Waals surface area contributed by atoms with Gasteiger partial charge in [-0.05, 0) is 17.5 Å². The lowest BCUT2D eigenvalue weighted by Crippen LogP contribution is -2.19. The fourth-order valence-electron chi connectivity index (χ4n) is 1.89. The Balaban J connectivity index is 2.09. The van der Waals surface area contributed by atoms with Crippen LogP contribution in [0.2, 0.25) is 0 Å². The predicted molar refractivity (Wildman–Crippen MR) is 71.6 cm³/mol. The number of carbonyl (C=O) groups is 1. The van der Waals surface area contributed by atoms with Gasteiger partial charge in [-0.1, -0.05) is 13.8 Å². The molecule has 0 aliphatic carbocycles. The summed E-state index contributed by atoms with van der Waals surface area (Å²) in [5, 5.41) is 11.8. The summed E-state index contributed by atoms with van der Waals surface area (Å²) in [7, 11) is 0. The Morgan fingerprint density at radius 1 is 1.56 bits per heavy atom. The number of aromatic nitrogens is 2. The number of nitrogens with one attached hydrogen (secondary N) is 1. The van der Waals surface area contributed by atoms with Crippen LogP contribution in [0.1, 0.15) is 25.3 Å². The highest BCUT2D eigenvalue weighted by atomic mass is 32.1. The zero-order chi connectivity index (χ0) is 13.2. The van der Waals surface area contributed by atoms with Crippen LogP contribution in [-0.2, 0) is 11.2 Å². The van der Waals surface area contributed by atoms with E-state index in [9.17, 15) is 4.79 Å². The first-order chi connectivity index (χ1) is 8.46. The number of thiazole rings is 1. The number of H-pyrrole nitrogens is 1. The Kier molecular flexibility index (Phi) is 3.52. The van der Waals surface area contributed by atoms with Gasteiger partial charge in [0, 0.05) is 18.0 Å². The first-order valence-electron chi connectivity index (χ1n) is 5.76. The minimum Gasteiger partial charge on any atom is -0.481 e. The lowest BCUT2D eigenvalue weighted by Gasteiger charge is -2.20. The molecule has 0 spiro atoms. The Bertz CT molecular complexity index is 529. The third-order valence-electron chi connectivity index (χ3n) is 2.69. The second-order valence-corrected chi connectivity index (χ2v) is 6.06. The third kappa shape index (κ3) is 3.20. The van der Waals surface area contributed by atoms with E-state index in [0.29, 0.717) is 6.42 Å². The molecule has 18 heavy (non-hydrogen) atoms. The van der Waals surface area contributed by atoms with Crippen molar-refractivity contribution in [2.75, 3.05) is 0 Å². The van der Waals surface area contributed by atoms with Crippen molar-refractivity contribution < 1.29 is 9.90 Å². The number of aliphatic carboxylic acids is 1. The second-order valence-electron chi connectivity index (χ2n) is 5.12. The average molecular weight is 264 g/mol. The summed E-state index contributed by atoms with van der Waals surface area (Å²) in [6, 6.07) is 3.91. The number of carboxylic acid groups (broad SMARTS) is 1. The highest BCUT2D eigenvalue weighted by Crippen LogP contribution is 2.29. The molecule has 0 aliphatic rings. The largest absolute Gasteiger partial charge is 0.481 e. The zero-order valence-electron chi connectivity index (χ0n) is 10.4. The van der Waals surface area contributed by atoms with E-state index < -0.39 is 5.97 Å². The molecule has 0 atom stereocenters. The van der Waals surface area contributed by atoms with E-state index in [1.807, 2.05) is 37.6 Å². The highest BCUT2D eigenvalue weighted by Gasteiger charge is 2.23. The third-order valence-corrected chi connectivity index (χ3v) is 3.53. The van der Waals surface area contributed by atoms with Crippen molar-refractivity contribution in [2.24, 2.45) is 5.41 Å². The molecule has 0 aliphatic heterocycles. The van der Waals surface area contributed by atoms with E-state index in [1.54, 1.807) is 11.3 Å². The number of hydrogen-bond acceptors (Lipinski definition) is 3. The fourth-order valence-corrected chi connectivity index (χ4v) is 2.94. The van der Waals surface area contributed by atoms with Gasteiger partial charge in [-0.2, -0.15) is 0 Å². The van der Waals surface area contributed by atoms with Crippen molar-refractivity contribution >= 4 is 17.3 Å². The van der Waals surface area contributed by atoms with Crippen LogP contribution in [-0.4, -0.2) is 21.0 Å². The Labute approximate surface area is 110 Å². The summed E-state index contributed by atoms with van der Waals surface area (Å²) in [6.45, 7) is 3.91. The zero-order valence-corrected chi connectivity index (χ0v) is 11.3. The van der Waals surface area contributed by atoms with Crippen molar-refractivity contribution in [1.82, 2.24) is 9.97 Å². The fraction of sp³-hybridized carbons (Fsp3) is 0.385. The molecule has 0 aromatic carbocycles. The maximum absolute atomic E-state index is 10.8. The molecule has 0 saturated heterocycles. The van der Waals surface area contributed by atoms with E-state index in [1.165, 1.54) is 0 Å². The van der Waals surface area contributed by atoms with Crippen molar-refractivity contribution in [3.05, 3.63) is 28.7 Å². The van der Waals surface area contributed by atoms with Crippen molar-refractivity contribution in [3.8, 4) is 11.4 Å². The van der Waals surface area contributed by atoms with Crippen LogP contribution in [0.25, 0.3) is 11.4 Å². The Morgan fingerprint density at radius 3 is 2.94 bits per heavy atom. The van der Waals surface area contributed by atoms with Crippen LogP contribution in [0.3, 0.4) is 0 Å². The highest BCUT2D eigenvalue weighted by molar-refractivity contribution is 7.09. The monoisotopic (exact) mass is 264 g/mol. The minimum atomic E-state index is -0.763. The van der Waals surface area contributed by atoms with Gasteiger partial charge in [0.2, 0.25) is 0 Å². The molecule has 0 amide bonds. The Morgan fingerprint density at radius 2 is 2.33 bits per heavy atom. The molecule has 2 heterocycles. The van der Waals surface area contributed by atoms with E-state index in [4.69, 9.17) is 5.11 Å². The molecule has 2 aromatic heterocycles. The summed E-state index contributed by atoms with van der Waals surface area (Å²) < 4.78 is 0. The van der Waals surface area contributed by atoms with Gasteiger partial charge >= 0.3 is 5.97 Å². The maximum atomic E-state index is 10.8. The van der Waals surface area contributed by atoms with Crippen LogP contribution in [0.5, 0.6) is 0 Å². The maximum Gasteiger partial charge on any atom is 0.303 e. The summed E-state index contributed by atoms with van der Waals surface area (Å²) in [6.07, 6.45) is 2.71. The molecule has 2 rings (SSSR count). The van der Waals surface area contributed by atoms with E-state index in [2.05, 4.69) is 9.97 Å². The predicted octanol–water partition coefficient (Wildman–Crippen LogP) is 3.18. The molecule has 2 aromatic rings. The SMILES string of the molecule is CC(C)(CC(=O)O)Cc1nc(-c2ccc[nH]2)cs1. The molecule has 0 radical (unpaired) electrons. The standard InChI is InChI=1S/C13H16N2O2S/c1-13(2,7-12(16)17)6-11-15-10(8-18-11)9-4-3-5-14-9/h3-5,8,14H,6-7H2,1-2H3,(H,16,17). The normalized spacial score (nSPS) is 11.7. The number of rotatable bonds is 5. The van der Waals surface area contributed by atoms with Gasteiger partial charge in [0.15, 0.2) is 0 Å². The molecule has 96 valence electrons. The van der Waals surface area contributed by atoms with Crippen molar-refractivity contribution in [2.45, 2.75) is 26.7 Å². The first kappa shape index (κ1) is 12.8. The lowest BCUT2D eigenvalue weighted by molar-refractivity contribution is -0.139. The van der Waals surface area contributed by atoms with Gasteiger partial charge in [-0.15, -0.1) is 11.3 Å². The smallest absolute Gasteiger partial charge is 0.303 e. The van der Waals surface area contributed by atoms with E-state index in [-0.39, 0.29) is 11.8 Å². The van der Waals surface area contributed by atoms with Crippen LogP contribution in [0, 0.1) is 5.41 Å². The molecular formula is C13H16N2O2S.